The van der Waals surface area contributed by atoms with Gasteiger partial charge in [-0.1, -0.05) is 0 Å². The lowest BCUT2D eigenvalue weighted by molar-refractivity contribution is -0.141. The first-order chi connectivity index (χ1) is 10.9. The second-order valence-electron chi connectivity index (χ2n) is 5.68. The number of nitriles is 1. The van der Waals surface area contributed by atoms with E-state index in [-0.39, 0.29) is 23.1 Å². The first-order valence-corrected chi connectivity index (χ1v) is 7.58. The Bertz CT molecular complexity index is 661. The number of hydrogen-bond acceptors (Lipinski definition) is 5. The van der Waals surface area contributed by atoms with Crippen LogP contribution in [-0.2, 0) is 14.3 Å². The molecule has 0 bridgehead atoms. The molecule has 6 nitrogen and oxygen atoms in total. The Morgan fingerprint density at radius 3 is 2.65 bits per heavy atom. The summed E-state index contributed by atoms with van der Waals surface area (Å²) < 4.78 is 10.6. The number of carbonyl (C=O) groups excluding carboxylic acids is 2. The van der Waals surface area contributed by atoms with Crippen molar-refractivity contribution in [3.63, 3.8) is 0 Å². The van der Waals surface area contributed by atoms with Gasteiger partial charge in [-0.15, -0.1) is 0 Å². The summed E-state index contributed by atoms with van der Waals surface area (Å²) in [7, 11) is 0. The molecule has 0 aromatic heterocycles. The molecule has 1 saturated carbocycles. The number of esters is 1. The summed E-state index contributed by atoms with van der Waals surface area (Å²) in [5, 5.41) is 11.9. The van der Waals surface area contributed by atoms with Gasteiger partial charge in [-0.2, -0.15) is 5.26 Å². The van der Waals surface area contributed by atoms with Crippen molar-refractivity contribution in [3.8, 4) is 11.8 Å². The molecule has 0 spiro atoms. The van der Waals surface area contributed by atoms with E-state index in [9.17, 15) is 9.59 Å². The van der Waals surface area contributed by atoms with Crippen molar-refractivity contribution in [2.24, 2.45) is 5.92 Å². The fourth-order valence-corrected chi connectivity index (χ4v) is 2.50. The fraction of sp³-hybridized carbons (Fsp3) is 0.471. The predicted molar refractivity (Wildman–Crippen MR) is 83.9 cm³/mol. The van der Waals surface area contributed by atoms with Crippen molar-refractivity contribution in [1.29, 1.82) is 5.26 Å². The van der Waals surface area contributed by atoms with E-state index in [2.05, 4.69) is 5.32 Å². The molecule has 1 atom stereocenters. The standard InChI is InChI=1S/C17H20N2O4/c1-4-22-17(3,13-5-6-13)16(21)19-14-7-8-15(23-11(2)20)12(9-14)10-18/h7-9,13H,4-6H2,1-3H3,(H,19,21)/t17-/m1/s1. The molecule has 1 aromatic carbocycles. The van der Waals surface area contributed by atoms with Crippen molar-refractivity contribution >= 4 is 17.6 Å². The van der Waals surface area contributed by atoms with Crippen molar-refractivity contribution < 1.29 is 19.1 Å². The highest BCUT2D eigenvalue weighted by atomic mass is 16.5. The van der Waals surface area contributed by atoms with E-state index >= 15 is 0 Å². The molecule has 1 aliphatic rings. The van der Waals surface area contributed by atoms with Crippen LogP contribution >= 0.6 is 0 Å². The Balaban J connectivity index is 2.18. The zero-order chi connectivity index (χ0) is 17.0. The molecule has 23 heavy (non-hydrogen) atoms. The molecule has 0 radical (unpaired) electrons. The van der Waals surface area contributed by atoms with Crippen LogP contribution in [0, 0.1) is 17.2 Å². The van der Waals surface area contributed by atoms with Crippen LogP contribution in [0.15, 0.2) is 18.2 Å². The minimum atomic E-state index is -0.865. The summed E-state index contributed by atoms with van der Waals surface area (Å²) >= 11 is 0. The maximum atomic E-state index is 12.6. The third kappa shape index (κ3) is 3.88. The largest absolute Gasteiger partial charge is 0.425 e. The van der Waals surface area contributed by atoms with Crippen LogP contribution in [0.3, 0.4) is 0 Å². The Morgan fingerprint density at radius 1 is 1.43 bits per heavy atom. The van der Waals surface area contributed by atoms with E-state index in [4.69, 9.17) is 14.7 Å². The normalized spacial score (nSPS) is 16.1. The second kappa shape index (κ2) is 6.80. The first kappa shape index (κ1) is 17.0. The number of carbonyl (C=O) groups is 2. The molecule has 1 amide bonds. The number of hydrogen-bond donors (Lipinski definition) is 1. The molecular weight excluding hydrogens is 296 g/mol. The molecule has 2 rings (SSSR count). The van der Waals surface area contributed by atoms with Gasteiger partial charge in [-0.3, -0.25) is 9.59 Å². The van der Waals surface area contributed by atoms with Gasteiger partial charge in [-0.05, 0) is 50.8 Å². The summed E-state index contributed by atoms with van der Waals surface area (Å²) in [6.45, 7) is 5.37. The van der Waals surface area contributed by atoms with Gasteiger partial charge in [0.25, 0.3) is 5.91 Å². The van der Waals surface area contributed by atoms with E-state index in [1.165, 1.54) is 19.1 Å². The number of rotatable bonds is 6. The van der Waals surface area contributed by atoms with Crippen molar-refractivity contribution in [1.82, 2.24) is 0 Å². The highest BCUT2D eigenvalue weighted by Gasteiger charge is 2.48. The highest BCUT2D eigenvalue weighted by molar-refractivity contribution is 5.97. The van der Waals surface area contributed by atoms with Crippen LogP contribution in [0.25, 0.3) is 0 Å². The van der Waals surface area contributed by atoms with Crippen LogP contribution in [0.1, 0.15) is 39.2 Å². The summed E-state index contributed by atoms with van der Waals surface area (Å²) in [5.41, 5.74) is -0.215. The lowest BCUT2D eigenvalue weighted by Crippen LogP contribution is -2.44. The van der Waals surface area contributed by atoms with Crippen LogP contribution in [0.2, 0.25) is 0 Å². The van der Waals surface area contributed by atoms with E-state index in [1.807, 2.05) is 13.0 Å². The SMILES string of the molecule is CCO[C@@](C)(C(=O)Nc1ccc(OC(C)=O)c(C#N)c1)C1CC1. The summed E-state index contributed by atoms with van der Waals surface area (Å²) in [4.78, 5) is 23.6. The van der Waals surface area contributed by atoms with Gasteiger partial charge < -0.3 is 14.8 Å². The molecule has 0 aliphatic heterocycles. The molecular formula is C17H20N2O4. The van der Waals surface area contributed by atoms with Crippen LogP contribution in [-0.4, -0.2) is 24.1 Å². The van der Waals surface area contributed by atoms with Gasteiger partial charge in [0.2, 0.25) is 0 Å². The average molecular weight is 316 g/mol. The molecule has 122 valence electrons. The van der Waals surface area contributed by atoms with Gasteiger partial charge in [-0.25, -0.2) is 0 Å². The first-order valence-electron chi connectivity index (χ1n) is 7.58. The Kier molecular flexibility index (Phi) is 5.02. The van der Waals surface area contributed by atoms with Crippen molar-refractivity contribution in [3.05, 3.63) is 23.8 Å². The molecule has 1 aliphatic carbocycles. The number of amides is 1. The Hall–Kier alpha value is -2.39. The summed E-state index contributed by atoms with van der Waals surface area (Å²) in [6, 6.07) is 6.52. The topological polar surface area (TPSA) is 88.4 Å². The van der Waals surface area contributed by atoms with Gasteiger partial charge in [0.1, 0.15) is 17.4 Å². The van der Waals surface area contributed by atoms with E-state index in [1.54, 1.807) is 13.0 Å². The molecule has 1 fully saturated rings. The zero-order valence-corrected chi connectivity index (χ0v) is 13.5. The number of nitrogens with zero attached hydrogens (tertiary/aromatic N) is 1. The van der Waals surface area contributed by atoms with Crippen LogP contribution in [0.5, 0.6) is 5.75 Å². The number of anilines is 1. The monoisotopic (exact) mass is 316 g/mol. The van der Waals surface area contributed by atoms with Crippen LogP contribution in [0.4, 0.5) is 5.69 Å². The molecule has 1 aromatic rings. The number of nitrogens with one attached hydrogen (secondary N) is 1. The maximum Gasteiger partial charge on any atom is 0.308 e. The molecule has 0 heterocycles. The molecule has 0 saturated heterocycles. The van der Waals surface area contributed by atoms with E-state index in [0.29, 0.717) is 12.3 Å². The lowest BCUT2D eigenvalue weighted by Gasteiger charge is -2.28. The van der Waals surface area contributed by atoms with Gasteiger partial charge in [0.05, 0.1) is 5.56 Å². The average Bonchev–Trinajstić information content (AvgIpc) is 3.33. The fourth-order valence-electron chi connectivity index (χ4n) is 2.50. The smallest absolute Gasteiger partial charge is 0.308 e. The van der Waals surface area contributed by atoms with Crippen molar-refractivity contribution in [2.75, 3.05) is 11.9 Å². The minimum absolute atomic E-state index is 0.174. The van der Waals surface area contributed by atoms with Gasteiger partial charge in [0.15, 0.2) is 0 Å². The Morgan fingerprint density at radius 2 is 2.13 bits per heavy atom. The quantitative estimate of drug-likeness (QED) is 0.644. The highest BCUT2D eigenvalue weighted by Crippen LogP contribution is 2.42. The maximum absolute atomic E-state index is 12.6. The van der Waals surface area contributed by atoms with E-state index in [0.717, 1.165) is 12.8 Å². The van der Waals surface area contributed by atoms with Gasteiger partial charge in [0, 0.05) is 19.2 Å². The Labute approximate surface area is 135 Å². The zero-order valence-electron chi connectivity index (χ0n) is 13.5. The van der Waals surface area contributed by atoms with E-state index < -0.39 is 11.6 Å². The molecule has 6 heteroatoms. The third-order valence-corrected chi connectivity index (χ3v) is 3.86. The third-order valence-electron chi connectivity index (χ3n) is 3.86. The van der Waals surface area contributed by atoms with Gasteiger partial charge >= 0.3 is 5.97 Å². The van der Waals surface area contributed by atoms with Crippen molar-refractivity contribution in [2.45, 2.75) is 39.2 Å². The molecule has 0 unspecified atom stereocenters. The minimum Gasteiger partial charge on any atom is -0.425 e. The lowest BCUT2D eigenvalue weighted by atomic mass is 9.98. The van der Waals surface area contributed by atoms with Crippen LogP contribution < -0.4 is 10.1 Å². The second-order valence-corrected chi connectivity index (χ2v) is 5.68. The summed E-state index contributed by atoms with van der Waals surface area (Å²) in [5.74, 6) is -0.340. The number of benzene rings is 1. The predicted octanol–water partition coefficient (Wildman–Crippen LogP) is 2.63. The number of ether oxygens (including phenoxy) is 2. The summed E-state index contributed by atoms with van der Waals surface area (Å²) in [6.07, 6.45) is 1.94. The molecule has 1 N–H and O–H groups in total.